The molecule has 4 unspecified atom stereocenters. The third kappa shape index (κ3) is 49.3. The number of allylic oxidation sites excluding steroid dienone is 6. The zero-order chi connectivity index (χ0) is 48.8. The maximum absolute atomic E-state index is 12.6. The second-order valence-corrected chi connectivity index (χ2v) is 20.7. The summed E-state index contributed by atoms with van der Waals surface area (Å²) in [5.41, 5.74) is 0. The van der Waals surface area contributed by atoms with Crippen LogP contribution in [0.3, 0.4) is 0 Å². The van der Waals surface area contributed by atoms with Crippen molar-refractivity contribution in [1.29, 1.82) is 0 Å². The zero-order valence-electron chi connectivity index (χ0n) is 44.9. The van der Waals surface area contributed by atoms with Gasteiger partial charge < -0.3 is 25.7 Å². The Morgan fingerprint density at radius 3 is 0.940 bits per heavy atom. The Bertz CT molecular complexity index is 1060. The van der Waals surface area contributed by atoms with Crippen LogP contribution < -0.4 is 5.32 Å². The van der Waals surface area contributed by atoms with E-state index in [2.05, 4.69) is 55.6 Å². The predicted molar refractivity (Wildman–Crippen MR) is 293 cm³/mol. The summed E-state index contributed by atoms with van der Waals surface area (Å²) in [4.78, 5) is 12.6. The van der Waals surface area contributed by atoms with Gasteiger partial charge in [-0.05, 0) is 64.2 Å². The molecule has 0 heterocycles. The van der Waals surface area contributed by atoms with Crippen LogP contribution in [0.15, 0.2) is 36.5 Å². The maximum atomic E-state index is 12.6. The van der Waals surface area contributed by atoms with Gasteiger partial charge >= 0.3 is 0 Å². The van der Waals surface area contributed by atoms with Gasteiger partial charge in [0.15, 0.2) is 0 Å². The molecule has 0 aromatic heterocycles. The second-order valence-electron chi connectivity index (χ2n) is 20.7. The molecule has 0 aromatic rings. The van der Waals surface area contributed by atoms with Crippen LogP contribution >= 0.6 is 0 Å². The third-order valence-corrected chi connectivity index (χ3v) is 14.1. The molecule has 6 heteroatoms. The lowest BCUT2D eigenvalue weighted by Gasteiger charge is -2.27. The highest BCUT2D eigenvalue weighted by Gasteiger charge is 2.28. The molecular formula is C61H117NO5. The Morgan fingerprint density at radius 1 is 0.358 bits per heavy atom. The van der Waals surface area contributed by atoms with E-state index < -0.39 is 36.9 Å². The van der Waals surface area contributed by atoms with E-state index in [-0.39, 0.29) is 0 Å². The van der Waals surface area contributed by atoms with Gasteiger partial charge in [-0.3, -0.25) is 4.79 Å². The first-order valence-corrected chi connectivity index (χ1v) is 29.9. The van der Waals surface area contributed by atoms with Crippen LogP contribution in [-0.4, -0.2) is 57.3 Å². The second kappa shape index (κ2) is 55.5. The van der Waals surface area contributed by atoms with Crippen LogP contribution in [0, 0.1) is 0 Å². The molecule has 0 spiro atoms. The predicted octanol–water partition coefficient (Wildman–Crippen LogP) is 17.6. The van der Waals surface area contributed by atoms with Crippen LogP contribution in [0.25, 0.3) is 0 Å². The van der Waals surface area contributed by atoms with Crippen LogP contribution in [0.4, 0.5) is 0 Å². The fourth-order valence-electron chi connectivity index (χ4n) is 9.38. The highest BCUT2D eigenvalue weighted by molar-refractivity contribution is 5.80. The van der Waals surface area contributed by atoms with E-state index in [9.17, 15) is 25.2 Å². The summed E-state index contributed by atoms with van der Waals surface area (Å²) in [7, 11) is 0. The molecule has 5 N–H and O–H groups in total. The van der Waals surface area contributed by atoms with Crippen molar-refractivity contribution in [2.75, 3.05) is 6.61 Å². The number of hydrogen-bond donors (Lipinski definition) is 5. The topological polar surface area (TPSA) is 110 Å². The molecule has 0 aromatic carbocycles. The van der Waals surface area contributed by atoms with Gasteiger partial charge in [-0.25, -0.2) is 0 Å². The molecule has 4 atom stereocenters. The minimum absolute atomic E-state index is 0.362. The Labute approximate surface area is 417 Å². The van der Waals surface area contributed by atoms with E-state index in [0.717, 1.165) is 51.4 Å². The fraction of sp³-hybridized carbons (Fsp3) is 0.885. The molecule has 0 bridgehead atoms. The maximum Gasteiger partial charge on any atom is 0.249 e. The van der Waals surface area contributed by atoms with Crippen molar-refractivity contribution in [3.05, 3.63) is 36.5 Å². The average Bonchev–Trinajstić information content (AvgIpc) is 3.33. The number of nitrogens with one attached hydrogen (secondary N) is 1. The Hall–Kier alpha value is -1.47. The molecule has 6 nitrogen and oxygen atoms in total. The van der Waals surface area contributed by atoms with Crippen LogP contribution in [0.5, 0.6) is 0 Å². The molecule has 0 aliphatic heterocycles. The number of rotatable bonds is 55. The van der Waals surface area contributed by atoms with Gasteiger partial charge in [0.05, 0.1) is 18.8 Å². The molecule has 0 fully saturated rings. The summed E-state index contributed by atoms with van der Waals surface area (Å²) in [6, 6.07) is -1.01. The normalized spacial score (nSPS) is 13.9. The Morgan fingerprint density at radius 2 is 0.627 bits per heavy atom. The number of aliphatic hydroxyl groups is 4. The van der Waals surface area contributed by atoms with Gasteiger partial charge in [-0.15, -0.1) is 0 Å². The van der Waals surface area contributed by atoms with Gasteiger partial charge in [0.25, 0.3) is 0 Å². The van der Waals surface area contributed by atoms with Crippen LogP contribution in [0.1, 0.15) is 316 Å². The first-order valence-electron chi connectivity index (χ1n) is 29.9. The van der Waals surface area contributed by atoms with Gasteiger partial charge in [0, 0.05) is 0 Å². The van der Waals surface area contributed by atoms with E-state index in [4.69, 9.17) is 0 Å². The summed E-state index contributed by atoms with van der Waals surface area (Å²) in [6.07, 6.45) is 69.5. The van der Waals surface area contributed by atoms with E-state index in [0.29, 0.717) is 19.3 Å². The molecule has 0 saturated carbocycles. The lowest BCUT2D eigenvalue weighted by molar-refractivity contribution is -0.132. The monoisotopic (exact) mass is 944 g/mol. The summed E-state index contributed by atoms with van der Waals surface area (Å²) >= 11 is 0. The SMILES string of the molecule is CCCCCCCCC/C=C/CC/C=C/CC/C=C/CCCC(O)C(O)C(CO)NC(=O)C(O)CCCCCCCCCCCCCCCCCCCCCCCCCCCCCCCCC. The first-order chi connectivity index (χ1) is 33.0. The smallest absolute Gasteiger partial charge is 0.249 e. The molecule has 0 saturated heterocycles. The summed E-state index contributed by atoms with van der Waals surface area (Å²) in [5.74, 6) is -0.594. The highest BCUT2D eigenvalue weighted by Crippen LogP contribution is 2.18. The zero-order valence-corrected chi connectivity index (χ0v) is 44.9. The lowest BCUT2D eigenvalue weighted by Crippen LogP contribution is -2.53. The first kappa shape index (κ1) is 65.5. The molecule has 0 aliphatic carbocycles. The van der Waals surface area contributed by atoms with Crippen molar-refractivity contribution in [3.8, 4) is 0 Å². The molecular weight excluding hydrogens is 827 g/mol. The van der Waals surface area contributed by atoms with Gasteiger partial charge in [-0.1, -0.05) is 288 Å². The number of amides is 1. The van der Waals surface area contributed by atoms with Crippen molar-refractivity contribution in [1.82, 2.24) is 5.32 Å². The van der Waals surface area contributed by atoms with Crippen molar-refractivity contribution in [3.63, 3.8) is 0 Å². The molecule has 0 aliphatic rings. The number of hydrogen-bond acceptors (Lipinski definition) is 5. The van der Waals surface area contributed by atoms with E-state index >= 15 is 0 Å². The molecule has 67 heavy (non-hydrogen) atoms. The largest absolute Gasteiger partial charge is 0.394 e. The molecule has 396 valence electrons. The van der Waals surface area contributed by atoms with Crippen molar-refractivity contribution in [2.24, 2.45) is 0 Å². The van der Waals surface area contributed by atoms with Crippen molar-refractivity contribution < 1.29 is 25.2 Å². The van der Waals surface area contributed by atoms with Gasteiger partial charge in [0.1, 0.15) is 12.2 Å². The highest BCUT2D eigenvalue weighted by atomic mass is 16.3. The quantitative estimate of drug-likeness (QED) is 0.0308. The minimum Gasteiger partial charge on any atom is -0.394 e. The van der Waals surface area contributed by atoms with Crippen LogP contribution in [-0.2, 0) is 4.79 Å². The average molecular weight is 945 g/mol. The third-order valence-electron chi connectivity index (χ3n) is 14.1. The van der Waals surface area contributed by atoms with Gasteiger partial charge in [-0.2, -0.15) is 0 Å². The molecule has 0 rings (SSSR count). The summed E-state index contributed by atoms with van der Waals surface area (Å²) in [6.45, 7) is 4.06. The Balaban J connectivity index is 3.61. The molecule has 1 amide bonds. The van der Waals surface area contributed by atoms with Crippen molar-refractivity contribution in [2.45, 2.75) is 340 Å². The van der Waals surface area contributed by atoms with E-state index in [1.54, 1.807) is 0 Å². The van der Waals surface area contributed by atoms with Gasteiger partial charge in [0.2, 0.25) is 5.91 Å². The summed E-state index contributed by atoms with van der Waals surface area (Å²) < 4.78 is 0. The van der Waals surface area contributed by atoms with Crippen molar-refractivity contribution >= 4 is 5.91 Å². The number of carbonyl (C=O) groups excluding carboxylic acids is 1. The van der Waals surface area contributed by atoms with Crippen LogP contribution in [0.2, 0.25) is 0 Å². The fourth-order valence-corrected chi connectivity index (χ4v) is 9.38. The van der Waals surface area contributed by atoms with E-state index in [1.807, 2.05) is 0 Å². The van der Waals surface area contributed by atoms with E-state index in [1.165, 1.54) is 231 Å². The molecule has 0 radical (unpaired) electrons. The standard InChI is InChI=1S/C61H117NO5/c1-3-5-7-9-11-13-15-17-19-21-23-25-26-27-28-29-30-31-32-33-34-35-37-39-41-43-45-47-49-51-53-55-59(65)61(67)62-57(56-63)60(66)58(64)54-52-50-48-46-44-42-40-38-36-24-22-20-18-16-14-12-10-8-6-4-2/h20,22,38,40,46,48,57-60,63-66H,3-19,21,23-37,39,41-45,47,49-56H2,1-2H3,(H,62,67)/b22-20+,40-38+,48-46+. The minimum atomic E-state index is -1.29. The lowest BCUT2D eigenvalue weighted by atomic mass is 10.00. The number of aliphatic hydroxyl groups excluding tert-OH is 4. The number of carbonyl (C=O) groups is 1. The summed E-state index contributed by atoms with van der Waals surface area (Å²) in [5, 5.41) is 44.0. The Kier molecular flexibility index (Phi) is 54.2. The number of unbranched alkanes of at least 4 members (excludes halogenated alkanes) is 40.